The summed E-state index contributed by atoms with van der Waals surface area (Å²) < 4.78 is 8.03. The molecular formula is C9H8N2OS2. The van der Waals surface area contributed by atoms with Gasteiger partial charge in [-0.3, -0.25) is 0 Å². The summed E-state index contributed by atoms with van der Waals surface area (Å²) in [6.07, 6.45) is 1.78. The molecule has 0 saturated carbocycles. The second-order valence-corrected chi connectivity index (χ2v) is 4.29. The summed E-state index contributed by atoms with van der Waals surface area (Å²) >= 11 is 2.90. The van der Waals surface area contributed by atoms with Crippen molar-refractivity contribution in [2.45, 2.75) is 10.6 Å². The largest absolute Gasteiger partial charge is 0.508 e. The Kier molecular flexibility index (Phi) is 3.00. The number of hydrogen-bond acceptors (Lipinski definition) is 5. The zero-order valence-electron chi connectivity index (χ0n) is 7.25. The van der Waals surface area contributed by atoms with Gasteiger partial charge in [0.05, 0.1) is 23.6 Å². The van der Waals surface area contributed by atoms with E-state index >= 15 is 0 Å². The van der Waals surface area contributed by atoms with E-state index in [2.05, 4.69) is 8.75 Å². The Labute approximate surface area is 90.1 Å². The summed E-state index contributed by atoms with van der Waals surface area (Å²) in [4.78, 5) is 1.12. The lowest BCUT2D eigenvalue weighted by atomic mass is 10.3. The highest BCUT2D eigenvalue weighted by molar-refractivity contribution is 7.98. The van der Waals surface area contributed by atoms with E-state index in [0.717, 1.165) is 16.3 Å². The third kappa shape index (κ3) is 2.46. The summed E-state index contributed by atoms with van der Waals surface area (Å²) in [5, 5.41) is 9.08. The molecule has 2 aromatic rings. The van der Waals surface area contributed by atoms with Gasteiger partial charge in [-0.25, -0.2) is 0 Å². The lowest BCUT2D eigenvalue weighted by Gasteiger charge is -1.98. The average Bonchev–Trinajstić information content (AvgIpc) is 2.70. The molecule has 3 nitrogen and oxygen atoms in total. The van der Waals surface area contributed by atoms with Crippen LogP contribution in [0.4, 0.5) is 0 Å². The number of rotatable bonds is 3. The molecule has 0 fully saturated rings. The Morgan fingerprint density at radius 1 is 1.29 bits per heavy atom. The molecule has 1 heterocycles. The Balaban J connectivity index is 1.95. The fourth-order valence-corrected chi connectivity index (χ4v) is 2.24. The number of aromatic hydroxyl groups is 1. The Morgan fingerprint density at radius 2 is 2.07 bits per heavy atom. The lowest BCUT2D eigenvalue weighted by Crippen LogP contribution is -1.78. The summed E-state index contributed by atoms with van der Waals surface area (Å²) in [6.45, 7) is 0. The van der Waals surface area contributed by atoms with Crippen LogP contribution in [-0.4, -0.2) is 13.9 Å². The first-order valence-corrected chi connectivity index (χ1v) is 5.74. The first kappa shape index (κ1) is 9.48. The van der Waals surface area contributed by atoms with Gasteiger partial charge in [-0.05, 0) is 24.3 Å². The fourth-order valence-electron chi connectivity index (χ4n) is 0.947. The highest BCUT2D eigenvalue weighted by Crippen LogP contribution is 2.23. The number of thioether (sulfide) groups is 1. The second-order valence-electron chi connectivity index (χ2n) is 2.68. The zero-order valence-corrected chi connectivity index (χ0v) is 8.88. The van der Waals surface area contributed by atoms with Gasteiger partial charge >= 0.3 is 0 Å². The fraction of sp³-hybridized carbons (Fsp3) is 0.111. The van der Waals surface area contributed by atoms with E-state index in [4.69, 9.17) is 5.11 Å². The highest BCUT2D eigenvalue weighted by Gasteiger charge is 1.98. The van der Waals surface area contributed by atoms with Gasteiger partial charge in [0.15, 0.2) is 0 Å². The van der Waals surface area contributed by atoms with Crippen LogP contribution in [0.3, 0.4) is 0 Å². The minimum atomic E-state index is 0.296. The number of phenols is 1. The standard InChI is InChI=1S/C9H8N2OS2/c12-8-1-3-9(4-2-8)13-6-7-5-10-14-11-7/h1-5,12H,6H2. The SMILES string of the molecule is Oc1ccc(SCc2cnsn2)cc1. The van der Waals surface area contributed by atoms with Gasteiger partial charge in [-0.15, -0.1) is 11.8 Å². The predicted molar refractivity (Wildman–Crippen MR) is 57.6 cm³/mol. The quantitative estimate of drug-likeness (QED) is 0.814. The van der Waals surface area contributed by atoms with Gasteiger partial charge in [-0.2, -0.15) is 8.75 Å². The Bertz CT molecular complexity index is 386. The smallest absolute Gasteiger partial charge is 0.115 e. The van der Waals surface area contributed by atoms with Gasteiger partial charge < -0.3 is 5.11 Å². The molecule has 72 valence electrons. The molecule has 5 heteroatoms. The minimum Gasteiger partial charge on any atom is -0.508 e. The molecule has 0 aliphatic heterocycles. The van der Waals surface area contributed by atoms with Crippen molar-refractivity contribution in [1.82, 2.24) is 8.75 Å². The molecule has 0 bridgehead atoms. The normalized spacial score (nSPS) is 10.3. The Hall–Kier alpha value is -1.07. The number of nitrogens with zero attached hydrogens (tertiary/aromatic N) is 2. The van der Waals surface area contributed by atoms with Crippen LogP contribution in [0.2, 0.25) is 0 Å². The van der Waals surface area contributed by atoms with Crippen molar-refractivity contribution >= 4 is 23.5 Å². The van der Waals surface area contributed by atoms with E-state index in [0.29, 0.717) is 5.75 Å². The van der Waals surface area contributed by atoms with Gasteiger partial charge in [-0.1, -0.05) is 0 Å². The van der Waals surface area contributed by atoms with E-state index in [1.807, 2.05) is 12.1 Å². The van der Waals surface area contributed by atoms with Crippen molar-refractivity contribution in [1.29, 1.82) is 0 Å². The van der Waals surface area contributed by atoms with Crippen LogP contribution in [-0.2, 0) is 5.75 Å². The van der Waals surface area contributed by atoms with Crippen molar-refractivity contribution in [3.63, 3.8) is 0 Å². The van der Waals surface area contributed by atoms with E-state index < -0.39 is 0 Å². The second kappa shape index (κ2) is 4.43. The zero-order chi connectivity index (χ0) is 9.80. The maximum atomic E-state index is 9.08. The van der Waals surface area contributed by atoms with Crippen LogP contribution in [0.25, 0.3) is 0 Å². The predicted octanol–water partition coefficient (Wildman–Crippen LogP) is 2.54. The molecule has 0 unspecified atom stereocenters. The molecule has 14 heavy (non-hydrogen) atoms. The summed E-state index contributed by atoms with van der Waals surface area (Å²) in [5.41, 5.74) is 0.994. The summed E-state index contributed by atoms with van der Waals surface area (Å²) in [6, 6.07) is 7.14. The third-order valence-corrected chi connectivity index (χ3v) is 3.19. The molecule has 0 aliphatic carbocycles. The van der Waals surface area contributed by atoms with Gasteiger partial charge in [0, 0.05) is 10.6 Å². The first-order chi connectivity index (χ1) is 6.84. The van der Waals surface area contributed by atoms with Gasteiger partial charge in [0.25, 0.3) is 0 Å². The van der Waals surface area contributed by atoms with Crippen molar-refractivity contribution in [3.05, 3.63) is 36.2 Å². The van der Waals surface area contributed by atoms with Crippen molar-refractivity contribution in [2.24, 2.45) is 0 Å². The Morgan fingerprint density at radius 3 is 2.71 bits per heavy atom. The van der Waals surface area contributed by atoms with Crippen molar-refractivity contribution in [3.8, 4) is 5.75 Å². The lowest BCUT2D eigenvalue weighted by molar-refractivity contribution is 0.475. The maximum Gasteiger partial charge on any atom is 0.115 e. The number of aromatic nitrogens is 2. The van der Waals surface area contributed by atoms with Crippen LogP contribution < -0.4 is 0 Å². The monoisotopic (exact) mass is 224 g/mol. The minimum absolute atomic E-state index is 0.296. The van der Waals surface area contributed by atoms with Gasteiger partial charge in [0.1, 0.15) is 5.75 Å². The van der Waals surface area contributed by atoms with E-state index in [-0.39, 0.29) is 0 Å². The maximum absolute atomic E-state index is 9.08. The van der Waals surface area contributed by atoms with Gasteiger partial charge in [0.2, 0.25) is 0 Å². The first-order valence-electron chi connectivity index (χ1n) is 4.03. The highest BCUT2D eigenvalue weighted by atomic mass is 32.2. The summed E-state index contributed by atoms with van der Waals surface area (Å²) in [5.74, 6) is 1.12. The average molecular weight is 224 g/mol. The van der Waals surface area contributed by atoms with Crippen molar-refractivity contribution in [2.75, 3.05) is 0 Å². The van der Waals surface area contributed by atoms with Crippen LogP contribution in [0.1, 0.15) is 5.69 Å². The number of hydrogen-bond donors (Lipinski definition) is 1. The number of phenolic OH excluding ortho intramolecular Hbond substituents is 1. The third-order valence-electron chi connectivity index (χ3n) is 1.63. The van der Waals surface area contributed by atoms with Crippen LogP contribution in [0.15, 0.2) is 35.4 Å². The molecule has 0 atom stereocenters. The van der Waals surface area contributed by atoms with Crippen molar-refractivity contribution < 1.29 is 5.11 Å². The van der Waals surface area contributed by atoms with E-state index in [1.165, 1.54) is 11.7 Å². The van der Waals surface area contributed by atoms with E-state index in [1.54, 1.807) is 30.1 Å². The molecule has 1 aromatic carbocycles. The molecule has 2 rings (SSSR count). The molecular weight excluding hydrogens is 216 g/mol. The molecule has 0 aliphatic rings. The van der Waals surface area contributed by atoms with Crippen LogP contribution in [0, 0.1) is 0 Å². The molecule has 1 aromatic heterocycles. The summed E-state index contributed by atoms with van der Waals surface area (Å²) in [7, 11) is 0. The number of benzene rings is 1. The topological polar surface area (TPSA) is 46.0 Å². The molecule has 0 amide bonds. The van der Waals surface area contributed by atoms with E-state index in [9.17, 15) is 0 Å². The van der Waals surface area contributed by atoms with Crippen LogP contribution in [0.5, 0.6) is 5.75 Å². The molecule has 0 saturated heterocycles. The van der Waals surface area contributed by atoms with Crippen LogP contribution >= 0.6 is 23.5 Å². The molecule has 0 radical (unpaired) electrons. The molecule has 0 spiro atoms. The molecule has 1 N–H and O–H groups in total.